The van der Waals surface area contributed by atoms with E-state index in [2.05, 4.69) is 33.9 Å². The van der Waals surface area contributed by atoms with Crippen LogP contribution in [0.3, 0.4) is 0 Å². The molecule has 0 aromatic heterocycles. The minimum atomic E-state index is 0.530. The second kappa shape index (κ2) is 7.93. The monoisotopic (exact) mass is 379 g/mol. The Balaban J connectivity index is 1.75. The number of halogens is 1. The smallest absolute Gasteiger partial charge is 0.128 e. The number of aryl methyl sites for hydroxylation is 1. The zero-order valence-electron chi connectivity index (χ0n) is 13.4. The van der Waals surface area contributed by atoms with Gasteiger partial charge in [-0.3, -0.25) is 4.99 Å². The standard InChI is InChI=1S/C21H18BrNO/c1-16-6-2-4-8-20(16)23-14-18-7-3-5-9-21(18)24-15-17-10-12-19(22)13-11-17/h2-14H,15H2,1H3. The zero-order valence-corrected chi connectivity index (χ0v) is 15.0. The SMILES string of the molecule is Cc1ccccc1N=Cc1ccccc1OCc1ccc(Br)cc1. The molecule has 0 bridgehead atoms. The van der Waals surface area contributed by atoms with E-state index in [9.17, 15) is 0 Å². The minimum Gasteiger partial charge on any atom is -0.488 e. The lowest BCUT2D eigenvalue weighted by Gasteiger charge is -2.09. The summed E-state index contributed by atoms with van der Waals surface area (Å²) in [5.41, 5.74) is 4.23. The van der Waals surface area contributed by atoms with Crippen molar-refractivity contribution in [3.63, 3.8) is 0 Å². The predicted molar refractivity (Wildman–Crippen MR) is 103 cm³/mol. The maximum absolute atomic E-state index is 5.98. The maximum atomic E-state index is 5.98. The average Bonchev–Trinajstić information content (AvgIpc) is 2.61. The predicted octanol–water partition coefficient (Wildman–Crippen LogP) is 6.09. The highest BCUT2D eigenvalue weighted by Gasteiger charge is 2.02. The molecule has 0 atom stereocenters. The van der Waals surface area contributed by atoms with Crippen LogP contribution in [-0.2, 0) is 6.61 Å². The molecule has 0 heterocycles. The second-order valence-corrected chi connectivity index (χ2v) is 6.41. The molecule has 0 amide bonds. The molecule has 3 aromatic rings. The van der Waals surface area contributed by atoms with Gasteiger partial charge >= 0.3 is 0 Å². The summed E-state index contributed by atoms with van der Waals surface area (Å²) < 4.78 is 7.04. The lowest BCUT2D eigenvalue weighted by Crippen LogP contribution is -1.98. The van der Waals surface area contributed by atoms with Gasteiger partial charge in [-0.1, -0.05) is 58.4 Å². The Hall–Kier alpha value is -2.39. The second-order valence-electron chi connectivity index (χ2n) is 5.50. The van der Waals surface area contributed by atoms with Crippen LogP contribution in [0.1, 0.15) is 16.7 Å². The van der Waals surface area contributed by atoms with Gasteiger partial charge in [0.1, 0.15) is 12.4 Å². The van der Waals surface area contributed by atoms with Crippen molar-refractivity contribution >= 4 is 27.8 Å². The number of hydrogen-bond donors (Lipinski definition) is 0. The molecule has 3 aromatic carbocycles. The first kappa shape index (κ1) is 16.5. The third-order valence-corrected chi connectivity index (χ3v) is 4.21. The highest BCUT2D eigenvalue weighted by Crippen LogP contribution is 2.21. The molecule has 120 valence electrons. The Kier molecular flexibility index (Phi) is 5.44. The molecule has 0 N–H and O–H groups in total. The molecule has 0 aliphatic heterocycles. The van der Waals surface area contributed by atoms with Gasteiger partial charge in [-0.05, 0) is 48.4 Å². The van der Waals surface area contributed by atoms with Crippen molar-refractivity contribution in [1.29, 1.82) is 0 Å². The normalized spacial score (nSPS) is 10.9. The van der Waals surface area contributed by atoms with Crippen LogP contribution in [0.15, 0.2) is 82.3 Å². The van der Waals surface area contributed by atoms with Crippen molar-refractivity contribution in [3.8, 4) is 5.75 Å². The maximum Gasteiger partial charge on any atom is 0.128 e. The summed E-state index contributed by atoms with van der Waals surface area (Å²) in [7, 11) is 0. The first-order valence-corrected chi connectivity index (χ1v) is 8.57. The van der Waals surface area contributed by atoms with Gasteiger partial charge in [0, 0.05) is 16.3 Å². The van der Waals surface area contributed by atoms with Crippen LogP contribution in [-0.4, -0.2) is 6.21 Å². The fraction of sp³-hybridized carbons (Fsp3) is 0.0952. The van der Waals surface area contributed by atoms with E-state index in [-0.39, 0.29) is 0 Å². The van der Waals surface area contributed by atoms with Crippen molar-refractivity contribution in [3.05, 3.63) is 94.0 Å². The van der Waals surface area contributed by atoms with E-state index in [1.807, 2.05) is 72.9 Å². The van der Waals surface area contributed by atoms with E-state index in [0.717, 1.165) is 32.6 Å². The highest BCUT2D eigenvalue weighted by atomic mass is 79.9. The Morgan fingerprint density at radius 1 is 0.917 bits per heavy atom. The molecule has 0 aliphatic rings. The van der Waals surface area contributed by atoms with Crippen molar-refractivity contribution in [2.75, 3.05) is 0 Å². The first-order chi connectivity index (χ1) is 11.7. The molecular formula is C21H18BrNO. The molecule has 0 radical (unpaired) electrons. The summed E-state index contributed by atoms with van der Waals surface area (Å²) in [5.74, 6) is 0.831. The van der Waals surface area contributed by atoms with Crippen molar-refractivity contribution < 1.29 is 4.74 Å². The van der Waals surface area contributed by atoms with Gasteiger partial charge in [0.25, 0.3) is 0 Å². The molecule has 0 unspecified atom stereocenters. The third-order valence-electron chi connectivity index (χ3n) is 3.68. The van der Waals surface area contributed by atoms with E-state index in [0.29, 0.717) is 6.61 Å². The fourth-order valence-corrected chi connectivity index (χ4v) is 2.57. The van der Waals surface area contributed by atoms with E-state index < -0.39 is 0 Å². The number of para-hydroxylation sites is 2. The van der Waals surface area contributed by atoms with Crippen LogP contribution < -0.4 is 4.74 Å². The van der Waals surface area contributed by atoms with E-state index in [4.69, 9.17) is 4.74 Å². The van der Waals surface area contributed by atoms with Gasteiger partial charge in [-0.25, -0.2) is 0 Å². The molecule has 0 fully saturated rings. The highest BCUT2D eigenvalue weighted by molar-refractivity contribution is 9.10. The molecule has 0 spiro atoms. The molecule has 0 saturated carbocycles. The minimum absolute atomic E-state index is 0.530. The number of nitrogens with zero attached hydrogens (tertiary/aromatic N) is 1. The van der Waals surface area contributed by atoms with Gasteiger partial charge in [-0.2, -0.15) is 0 Å². The first-order valence-electron chi connectivity index (χ1n) is 7.78. The van der Waals surface area contributed by atoms with Crippen LogP contribution >= 0.6 is 15.9 Å². The Labute approximate surface area is 151 Å². The Bertz CT molecular complexity index is 840. The number of ether oxygens (including phenoxy) is 1. The molecule has 0 aliphatic carbocycles. The third kappa shape index (κ3) is 4.33. The summed E-state index contributed by atoms with van der Waals surface area (Å²) in [6.07, 6.45) is 1.86. The van der Waals surface area contributed by atoms with Gasteiger partial charge in [0.15, 0.2) is 0 Å². The number of hydrogen-bond acceptors (Lipinski definition) is 2. The van der Waals surface area contributed by atoms with Crippen LogP contribution in [0.2, 0.25) is 0 Å². The quantitative estimate of drug-likeness (QED) is 0.491. The summed E-state index contributed by atoms with van der Waals surface area (Å²) in [6, 6.07) is 24.2. The summed E-state index contributed by atoms with van der Waals surface area (Å²) in [5, 5.41) is 0. The van der Waals surface area contributed by atoms with Crippen molar-refractivity contribution in [2.24, 2.45) is 4.99 Å². The summed E-state index contributed by atoms with van der Waals surface area (Å²) in [4.78, 5) is 4.59. The van der Waals surface area contributed by atoms with Crippen LogP contribution in [0, 0.1) is 6.92 Å². The van der Waals surface area contributed by atoms with E-state index >= 15 is 0 Å². The zero-order chi connectivity index (χ0) is 16.8. The van der Waals surface area contributed by atoms with Gasteiger partial charge in [0.2, 0.25) is 0 Å². The van der Waals surface area contributed by atoms with Gasteiger partial charge < -0.3 is 4.74 Å². The topological polar surface area (TPSA) is 21.6 Å². The molecule has 0 saturated heterocycles. The van der Waals surface area contributed by atoms with Crippen LogP contribution in [0.5, 0.6) is 5.75 Å². The number of benzene rings is 3. The molecular weight excluding hydrogens is 362 g/mol. The fourth-order valence-electron chi connectivity index (χ4n) is 2.31. The van der Waals surface area contributed by atoms with Crippen LogP contribution in [0.4, 0.5) is 5.69 Å². The number of aliphatic imine (C=N–C) groups is 1. The Morgan fingerprint density at radius 3 is 2.42 bits per heavy atom. The lowest BCUT2D eigenvalue weighted by molar-refractivity contribution is 0.306. The number of rotatable bonds is 5. The molecule has 24 heavy (non-hydrogen) atoms. The average molecular weight is 380 g/mol. The Morgan fingerprint density at radius 2 is 1.62 bits per heavy atom. The van der Waals surface area contributed by atoms with Crippen molar-refractivity contribution in [2.45, 2.75) is 13.5 Å². The summed E-state index contributed by atoms with van der Waals surface area (Å²) >= 11 is 3.44. The van der Waals surface area contributed by atoms with Gasteiger partial charge in [0.05, 0.1) is 5.69 Å². The lowest BCUT2D eigenvalue weighted by atomic mass is 10.2. The summed E-state index contributed by atoms with van der Waals surface area (Å²) in [6.45, 7) is 2.59. The molecule has 2 nitrogen and oxygen atoms in total. The van der Waals surface area contributed by atoms with Crippen molar-refractivity contribution in [1.82, 2.24) is 0 Å². The van der Waals surface area contributed by atoms with Gasteiger partial charge in [-0.15, -0.1) is 0 Å². The van der Waals surface area contributed by atoms with E-state index in [1.54, 1.807) is 0 Å². The molecule has 3 heteroatoms. The molecule has 3 rings (SSSR count). The largest absolute Gasteiger partial charge is 0.488 e. The van der Waals surface area contributed by atoms with E-state index in [1.165, 1.54) is 0 Å². The van der Waals surface area contributed by atoms with Crippen LogP contribution in [0.25, 0.3) is 0 Å².